The second kappa shape index (κ2) is 7.87. The zero-order valence-corrected chi connectivity index (χ0v) is 17.7. The van der Waals surface area contributed by atoms with Crippen LogP contribution in [-0.4, -0.2) is 50.8 Å². The zero-order chi connectivity index (χ0) is 22.5. The van der Waals surface area contributed by atoms with Crippen molar-refractivity contribution in [3.63, 3.8) is 0 Å². The van der Waals surface area contributed by atoms with Crippen molar-refractivity contribution < 1.29 is 13.2 Å². The minimum atomic E-state index is -1.18. The molecule has 0 amide bonds. The molecule has 0 spiro atoms. The van der Waals surface area contributed by atoms with Gasteiger partial charge in [0.15, 0.2) is 11.5 Å². The van der Waals surface area contributed by atoms with Crippen molar-refractivity contribution in [2.75, 3.05) is 24.5 Å². The van der Waals surface area contributed by atoms with Crippen molar-refractivity contribution in [1.82, 2.24) is 30.3 Å². The van der Waals surface area contributed by atoms with Crippen molar-refractivity contribution >= 4 is 16.9 Å². The molecule has 1 unspecified atom stereocenters. The first-order chi connectivity index (χ1) is 16.1. The fourth-order valence-electron chi connectivity index (χ4n) is 4.90. The molecule has 6 rings (SSSR count). The minimum Gasteiger partial charge on any atom is -0.344 e. The Balaban J connectivity index is 1.38. The maximum Gasteiger partial charge on any atom is 0.160 e. The summed E-state index contributed by atoms with van der Waals surface area (Å²) in [5.74, 6) is -0.646. The molecule has 170 valence electrons. The van der Waals surface area contributed by atoms with Crippen LogP contribution in [0.25, 0.3) is 22.2 Å². The van der Waals surface area contributed by atoms with Crippen LogP contribution in [0.5, 0.6) is 0 Å². The normalized spacial score (nSPS) is 23.1. The summed E-state index contributed by atoms with van der Waals surface area (Å²) in [5.41, 5.74) is 2.44. The van der Waals surface area contributed by atoms with Crippen LogP contribution < -0.4 is 10.2 Å². The molecule has 5 heterocycles. The summed E-state index contributed by atoms with van der Waals surface area (Å²) in [6.07, 6.45) is 5.45. The number of halogens is 3. The average Bonchev–Trinajstić information content (AvgIpc) is 3.60. The molecule has 33 heavy (non-hydrogen) atoms. The van der Waals surface area contributed by atoms with E-state index >= 15 is 0 Å². The van der Waals surface area contributed by atoms with Crippen molar-refractivity contribution in [3.8, 4) is 11.1 Å². The standard InChI is InChI=1S/C23H22F3N7/c24-15-1-2-20(26)18(6-15)21-7-16(25)12-32(21)23-19-5-13(8-28-22(19)30-31-23)14-9-29-33(11-14)17-3-4-27-10-17/h1-2,5-6,8-9,11,16-17,21,27H,3-4,7,10,12H2,(H,28,30,31)/t16-,17?,21+/m0/s1. The zero-order valence-electron chi connectivity index (χ0n) is 17.7. The van der Waals surface area contributed by atoms with E-state index in [0.29, 0.717) is 22.9 Å². The third-order valence-corrected chi connectivity index (χ3v) is 6.58. The summed E-state index contributed by atoms with van der Waals surface area (Å²) in [6.45, 7) is 1.91. The molecular formula is C23H22F3N7. The highest BCUT2D eigenvalue weighted by Gasteiger charge is 2.37. The van der Waals surface area contributed by atoms with E-state index in [1.165, 1.54) is 0 Å². The first-order valence-corrected chi connectivity index (χ1v) is 11.0. The Morgan fingerprint density at radius 3 is 2.85 bits per heavy atom. The summed E-state index contributed by atoms with van der Waals surface area (Å²) >= 11 is 0. The van der Waals surface area contributed by atoms with Crippen molar-refractivity contribution in [2.45, 2.75) is 31.1 Å². The van der Waals surface area contributed by atoms with Gasteiger partial charge in [-0.3, -0.25) is 9.78 Å². The molecular weight excluding hydrogens is 431 g/mol. The number of hydrogen-bond acceptors (Lipinski definition) is 5. The third kappa shape index (κ3) is 3.54. The van der Waals surface area contributed by atoms with Gasteiger partial charge in [-0.1, -0.05) is 0 Å². The lowest BCUT2D eigenvalue weighted by molar-refractivity contribution is 0.356. The largest absolute Gasteiger partial charge is 0.344 e. The lowest BCUT2D eigenvalue weighted by atomic mass is 10.0. The summed E-state index contributed by atoms with van der Waals surface area (Å²) in [5, 5.41) is 15.8. The Hall–Kier alpha value is -3.40. The van der Waals surface area contributed by atoms with E-state index in [0.717, 1.165) is 48.8 Å². The van der Waals surface area contributed by atoms with E-state index in [1.807, 2.05) is 16.9 Å². The van der Waals surface area contributed by atoms with Gasteiger partial charge in [0, 0.05) is 42.0 Å². The summed E-state index contributed by atoms with van der Waals surface area (Å²) < 4.78 is 44.8. The smallest absolute Gasteiger partial charge is 0.160 e. The van der Waals surface area contributed by atoms with Crippen LogP contribution in [0.3, 0.4) is 0 Å². The van der Waals surface area contributed by atoms with Gasteiger partial charge < -0.3 is 10.2 Å². The second-order valence-electron chi connectivity index (χ2n) is 8.69. The van der Waals surface area contributed by atoms with E-state index in [2.05, 4.69) is 25.6 Å². The topological polar surface area (TPSA) is 74.7 Å². The Kier molecular flexibility index (Phi) is 4.83. The quantitative estimate of drug-likeness (QED) is 0.490. The number of anilines is 1. The Bertz CT molecular complexity index is 1310. The van der Waals surface area contributed by atoms with Gasteiger partial charge in [-0.15, -0.1) is 0 Å². The Morgan fingerprint density at radius 2 is 2.00 bits per heavy atom. The molecule has 3 aromatic heterocycles. The van der Waals surface area contributed by atoms with E-state index in [1.54, 1.807) is 17.3 Å². The number of nitrogens with zero attached hydrogens (tertiary/aromatic N) is 5. The number of aromatic nitrogens is 5. The Morgan fingerprint density at radius 1 is 1.09 bits per heavy atom. The van der Waals surface area contributed by atoms with Crippen molar-refractivity contribution in [3.05, 3.63) is 60.1 Å². The highest BCUT2D eigenvalue weighted by molar-refractivity contribution is 5.91. The van der Waals surface area contributed by atoms with Gasteiger partial charge in [0.25, 0.3) is 0 Å². The van der Waals surface area contributed by atoms with Crippen LogP contribution in [-0.2, 0) is 0 Å². The average molecular weight is 453 g/mol. The van der Waals surface area contributed by atoms with Crippen LogP contribution in [0.2, 0.25) is 0 Å². The molecule has 7 nitrogen and oxygen atoms in total. The van der Waals surface area contributed by atoms with Gasteiger partial charge in [-0.2, -0.15) is 10.2 Å². The maximum absolute atomic E-state index is 14.5. The van der Waals surface area contributed by atoms with Crippen LogP contribution >= 0.6 is 0 Å². The lowest BCUT2D eigenvalue weighted by Crippen LogP contribution is -2.25. The SMILES string of the molecule is Fc1ccc(F)c([C@H]2C[C@H](F)CN2c2n[nH]c3ncc(-c4cnn(C5CCNC5)c4)cc23)c1. The molecule has 2 aliphatic heterocycles. The van der Waals surface area contributed by atoms with E-state index in [4.69, 9.17) is 0 Å². The van der Waals surface area contributed by atoms with Crippen LogP contribution in [0.4, 0.5) is 19.0 Å². The number of pyridine rings is 1. The third-order valence-electron chi connectivity index (χ3n) is 6.58. The number of benzene rings is 1. The number of hydrogen-bond donors (Lipinski definition) is 2. The van der Waals surface area contributed by atoms with E-state index in [9.17, 15) is 13.2 Å². The minimum absolute atomic E-state index is 0.0391. The number of nitrogens with one attached hydrogen (secondary N) is 2. The molecule has 2 fully saturated rings. The number of H-pyrrole nitrogens is 1. The predicted molar refractivity (Wildman–Crippen MR) is 118 cm³/mol. The van der Waals surface area contributed by atoms with Crippen molar-refractivity contribution in [2.24, 2.45) is 0 Å². The number of rotatable bonds is 4. The van der Waals surface area contributed by atoms with Gasteiger partial charge >= 0.3 is 0 Å². The molecule has 2 N–H and O–H groups in total. The molecule has 2 saturated heterocycles. The molecule has 3 atom stereocenters. The molecule has 4 aromatic rings. The fourth-order valence-corrected chi connectivity index (χ4v) is 4.90. The van der Waals surface area contributed by atoms with Crippen molar-refractivity contribution in [1.29, 1.82) is 0 Å². The van der Waals surface area contributed by atoms with Crippen LogP contribution in [0.1, 0.15) is 30.5 Å². The van der Waals surface area contributed by atoms with E-state index in [-0.39, 0.29) is 18.5 Å². The monoisotopic (exact) mass is 453 g/mol. The molecule has 0 saturated carbocycles. The highest BCUT2D eigenvalue weighted by Crippen LogP contribution is 2.40. The molecule has 0 bridgehead atoms. The molecule has 1 aromatic carbocycles. The molecule has 2 aliphatic rings. The fraction of sp³-hybridized carbons (Fsp3) is 0.348. The predicted octanol–water partition coefficient (Wildman–Crippen LogP) is 3.92. The van der Waals surface area contributed by atoms with Gasteiger partial charge in [0.2, 0.25) is 0 Å². The highest BCUT2D eigenvalue weighted by atomic mass is 19.1. The first kappa shape index (κ1) is 20.2. The number of fused-ring (bicyclic) bond motifs is 1. The Labute approximate surface area is 187 Å². The number of alkyl halides is 1. The van der Waals surface area contributed by atoms with Crippen LogP contribution in [0, 0.1) is 11.6 Å². The van der Waals surface area contributed by atoms with Crippen LogP contribution in [0.15, 0.2) is 42.9 Å². The first-order valence-electron chi connectivity index (χ1n) is 11.0. The van der Waals surface area contributed by atoms with Gasteiger partial charge in [-0.25, -0.2) is 18.2 Å². The lowest BCUT2D eigenvalue weighted by Gasteiger charge is -2.25. The van der Waals surface area contributed by atoms with E-state index < -0.39 is 23.8 Å². The summed E-state index contributed by atoms with van der Waals surface area (Å²) in [6, 6.07) is 4.87. The maximum atomic E-state index is 14.5. The summed E-state index contributed by atoms with van der Waals surface area (Å²) in [7, 11) is 0. The molecule has 0 radical (unpaired) electrons. The molecule has 10 heteroatoms. The summed E-state index contributed by atoms with van der Waals surface area (Å²) in [4.78, 5) is 6.18. The molecule has 0 aliphatic carbocycles. The second-order valence-corrected chi connectivity index (χ2v) is 8.69. The number of aromatic amines is 1. The van der Waals surface area contributed by atoms with Gasteiger partial charge in [0.05, 0.1) is 30.2 Å². The van der Waals surface area contributed by atoms with Gasteiger partial charge in [-0.05, 0) is 37.2 Å². The van der Waals surface area contributed by atoms with Gasteiger partial charge in [0.1, 0.15) is 17.8 Å².